The Balaban J connectivity index is 1.83. The molecule has 2 aromatic rings. The molecule has 0 bridgehead atoms. The molecule has 0 saturated heterocycles. The molecule has 0 aliphatic carbocycles. The van der Waals surface area contributed by atoms with Gasteiger partial charge in [-0.05, 0) is 45.2 Å². The minimum Gasteiger partial charge on any atom is -0.489 e. The number of esters is 2. The number of carbonyl (C=O) groups excluding carboxylic acids is 2. The number of para-hydroxylation sites is 1. The Morgan fingerprint density at radius 1 is 1.05 bits per heavy atom. The molecule has 0 radical (unpaired) electrons. The van der Waals surface area contributed by atoms with Gasteiger partial charge in [0.25, 0.3) is 5.70 Å². The highest BCUT2D eigenvalue weighted by molar-refractivity contribution is 7.81. The first kappa shape index (κ1) is 29.8. The predicted octanol–water partition coefficient (Wildman–Crippen LogP) is 5.31. The summed E-state index contributed by atoms with van der Waals surface area (Å²) in [7, 11) is 0. The third-order valence-corrected chi connectivity index (χ3v) is 6.65. The fourth-order valence-electron chi connectivity index (χ4n) is 4.43. The van der Waals surface area contributed by atoms with E-state index in [9.17, 15) is 19.7 Å². The number of hydrogen-bond acceptors (Lipinski definition) is 9. The van der Waals surface area contributed by atoms with Crippen LogP contribution < -0.4 is 10.1 Å². The zero-order valence-electron chi connectivity index (χ0n) is 22.3. The van der Waals surface area contributed by atoms with Gasteiger partial charge in [0.2, 0.25) is 0 Å². The molecule has 0 amide bonds. The zero-order valence-corrected chi connectivity index (χ0v) is 23.2. The van der Waals surface area contributed by atoms with Gasteiger partial charge in [-0.2, -0.15) is 12.6 Å². The number of nitro groups is 1. The van der Waals surface area contributed by atoms with Crippen molar-refractivity contribution in [2.24, 2.45) is 0 Å². The number of hydrogen-bond donors (Lipinski definition) is 2. The second kappa shape index (κ2) is 14.4. The van der Waals surface area contributed by atoms with Gasteiger partial charge in [-0.3, -0.25) is 14.9 Å². The zero-order chi connectivity index (χ0) is 28.4. The van der Waals surface area contributed by atoms with Crippen molar-refractivity contribution in [3.63, 3.8) is 0 Å². The average molecular weight is 555 g/mol. The maximum absolute atomic E-state index is 13.4. The summed E-state index contributed by atoms with van der Waals surface area (Å²) in [5, 5.41) is 14.9. The van der Waals surface area contributed by atoms with Crippen LogP contribution in [-0.2, 0) is 25.7 Å². The van der Waals surface area contributed by atoms with Crippen LogP contribution in [0.25, 0.3) is 0 Å². The number of nitrogens with one attached hydrogen (secondary N) is 1. The van der Waals surface area contributed by atoms with E-state index in [-0.39, 0.29) is 42.1 Å². The van der Waals surface area contributed by atoms with E-state index < -0.39 is 16.8 Å². The molecular formula is C29H34N2O7S. The Hall–Kier alpha value is -3.79. The molecule has 0 fully saturated rings. The lowest BCUT2D eigenvalue weighted by atomic mass is 9.83. The minimum absolute atomic E-state index is 0.0169. The van der Waals surface area contributed by atoms with Gasteiger partial charge in [-0.15, -0.1) is 0 Å². The minimum atomic E-state index is -1.01. The molecular weight excluding hydrogens is 520 g/mol. The van der Waals surface area contributed by atoms with Crippen molar-refractivity contribution in [1.82, 2.24) is 5.32 Å². The van der Waals surface area contributed by atoms with Crippen molar-refractivity contribution in [3.8, 4) is 5.75 Å². The lowest BCUT2D eigenvalue weighted by molar-refractivity contribution is -0.431. The summed E-state index contributed by atoms with van der Waals surface area (Å²) in [5.41, 5.74) is 2.21. The number of rotatable bonds is 13. The summed E-state index contributed by atoms with van der Waals surface area (Å²) < 4.78 is 16.6. The second-order valence-corrected chi connectivity index (χ2v) is 9.86. The van der Waals surface area contributed by atoms with Crippen LogP contribution in [0.5, 0.6) is 5.75 Å². The number of allylic oxidation sites excluding steroid dienone is 3. The fourth-order valence-corrected chi connectivity index (χ4v) is 4.69. The molecule has 1 N–H and O–H groups in total. The molecule has 0 aromatic heterocycles. The average Bonchev–Trinajstić information content (AvgIpc) is 2.91. The topological polar surface area (TPSA) is 117 Å². The molecule has 39 heavy (non-hydrogen) atoms. The van der Waals surface area contributed by atoms with Crippen LogP contribution in [0.1, 0.15) is 57.1 Å². The van der Waals surface area contributed by atoms with Crippen LogP contribution in [0.2, 0.25) is 0 Å². The highest BCUT2D eigenvalue weighted by Crippen LogP contribution is 2.42. The van der Waals surface area contributed by atoms with E-state index in [1.54, 1.807) is 45.0 Å². The number of thiol groups is 1. The molecule has 9 nitrogen and oxygen atoms in total. The van der Waals surface area contributed by atoms with Crippen LogP contribution in [0.15, 0.2) is 77.3 Å². The molecule has 3 rings (SSSR count). The van der Waals surface area contributed by atoms with Gasteiger partial charge in [0, 0.05) is 22.9 Å². The first-order valence-electron chi connectivity index (χ1n) is 12.8. The monoisotopic (exact) mass is 554 g/mol. The number of nitrogens with zero attached hydrogens (tertiary/aromatic N) is 1. The number of benzene rings is 2. The van der Waals surface area contributed by atoms with E-state index in [0.29, 0.717) is 42.2 Å². The Morgan fingerprint density at radius 3 is 2.44 bits per heavy atom. The highest BCUT2D eigenvalue weighted by atomic mass is 32.1. The van der Waals surface area contributed by atoms with Gasteiger partial charge in [-0.25, -0.2) is 4.79 Å². The lowest BCUT2D eigenvalue weighted by Crippen LogP contribution is -2.32. The molecule has 2 aromatic carbocycles. The summed E-state index contributed by atoms with van der Waals surface area (Å²) in [6.45, 7) is 5.61. The van der Waals surface area contributed by atoms with Gasteiger partial charge < -0.3 is 19.5 Å². The van der Waals surface area contributed by atoms with Crippen LogP contribution in [0.3, 0.4) is 0 Å². The fraction of sp³-hybridized carbons (Fsp3) is 0.379. The number of carbonyl (C=O) groups is 2. The van der Waals surface area contributed by atoms with Gasteiger partial charge in [-0.1, -0.05) is 48.5 Å². The number of ether oxygens (including phenoxy) is 3. The molecule has 10 heteroatoms. The van der Waals surface area contributed by atoms with E-state index in [1.165, 1.54) is 0 Å². The maximum Gasteiger partial charge on any atom is 0.337 e. The molecule has 1 aliphatic rings. The van der Waals surface area contributed by atoms with Gasteiger partial charge in [0.05, 0.1) is 22.8 Å². The van der Waals surface area contributed by atoms with E-state index in [0.717, 1.165) is 5.56 Å². The summed E-state index contributed by atoms with van der Waals surface area (Å²) in [5.74, 6) is -1.54. The summed E-state index contributed by atoms with van der Waals surface area (Å²) in [4.78, 5) is 36.7. The number of dihydropyridines is 1. The van der Waals surface area contributed by atoms with Crippen molar-refractivity contribution < 1.29 is 28.7 Å². The van der Waals surface area contributed by atoms with E-state index in [4.69, 9.17) is 14.2 Å². The van der Waals surface area contributed by atoms with E-state index in [1.807, 2.05) is 30.3 Å². The Bertz CT molecular complexity index is 1240. The van der Waals surface area contributed by atoms with Crippen molar-refractivity contribution >= 4 is 24.6 Å². The molecule has 208 valence electrons. The third kappa shape index (κ3) is 8.10. The lowest BCUT2D eigenvalue weighted by Gasteiger charge is -2.28. The summed E-state index contributed by atoms with van der Waals surface area (Å²) >= 11 is 4.48. The molecule has 1 aliphatic heterocycles. The first-order valence-corrected chi connectivity index (χ1v) is 13.3. The highest BCUT2D eigenvalue weighted by Gasteiger charge is 2.42. The second-order valence-electron chi connectivity index (χ2n) is 9.13. The Morgan fingerprint density at radius 2 is 1.74 bits per heavy atom. The van der Waals surface area contributed by atoms with Crippen LogP contribution in [0.4, 0.5) is 0 Å². The largest absolute Gasteiger partial charge is 0.489 e. The van der Waals surface area contributed by atoms with Crippen molar-refractivity contribution in [2.45, 2.75) is 57.8 Å². The van der Waals surface area contributed by atoms with Crippen LogP contribution >= 0.6 is 12.6 Å². The van der Waals surface area contributed by atoms with Gasteiger partial charge in [0.15, 0.2) is 0 Å². The van der Waals surface area contributed by atoms with Crippen molar-refractivity contribution in [3.05, 3.63) is 98.5 Å². The normalized spacial score (nSPS) is 15.8. The van der Waals surface area contributed by atoms with Crippen LogP contribution in [-0.4, -0.2) is 35.3 Å². The van der Waals surface area contributed by atoms with Gasteiger partial charge >= 0.3 is 11.9 Å². The first-order chi connectivity index (χ1) is 18.7. The molecule has 1 heterocycles. The quantitative estimate of drug-likeness (QED) is 0.148. The van der Waals surface area contributed by atoms with Crippen molar-refractivity contribution in [1.29, 1.82) is 0 Å². The van der Waals surface area contributed by atoms with E-state index >= 15 is 0 Å². The maximum atomic E-state index is 13.4. The van der Waals surface area contributed by atoms with Gasteiger partial charge in [0.1, 0.15) is 24.9 Å². The van der Waals surface area contributed by atoms with Crippen LogP contribution in [0, 0.1) is 10.1 Å². The van der Waals surface area contributed by atoms with E-state index in [2.05, 4.69) is 17.9 Å². The Labute approximate surface area is 233 Å². The summed E-state index contributed by atoms with van der Waals surface area (Å²) in [6.07, 6.45) is 1.32. The third-order valence-electron chi connectivity index (χ3n) is 6.24. The summed E-state index contributed by atoms with van der Waals surface area (Å²) in [6, 6.07) is 16.6. The molecule has 0 saturated carbocycles. The smallest absolute Gasteiger partial charge is 0.337 e. The van der Waals surface area contributed by atoms with Crippen molar-refractivity contribution in [2.75, 3.05) is 13.2 Å². The predicted molar refractivity (Wildman–Crippen MR) is 150 cm³/mol. The molecule has 2 unspecified atom stereocenters. The Kier molecular flexibility index (Phi) is 11.0. The standard InChI is InChI=1S/C29H34N2O7S/c1-4-36-25(32)16-10-13-22(39)18-38-29(33)26-19(2)30-20(3)28(31(34)35)27(26)23-14-8-9-15-24(23)37-17-21-11-6-5-7-12-21/h5-9,11-12,14-15,22,27,30,39H,4,10,13,16-18H2,1-3H3. The molecule has 2 atom stereocenters. The SMILES string of the molecule is CCOC(=O)CCCC(S)COC(=O)C1=C(C)NC(C)=C([N+](=O)[O-])C1c1ccccc1OCc1ccccc1. The molecule has 0 spiro atoms.